The van der Waals surface area contributed by atoms with Crippen molar-refractivity contribution in [1.29, 1.82) is 0 Å². The molecule has 0 amide bonds. The van der Waals surface area contributed by atoms with Crippen LogP contribution in [0, 0.1) is 6.92 Å². The zero-order valence-corrected chi connectivity index (χ0v) is 12.8. The van der Waals surface area contributed by atoms with E-state index in [0.717, 1.165) is 17.7 Å². The Kier molecular flexibility index (Phi) is 3.41. The van der Waals surface area contributed by atoms with Gasteiger partial charge in [-0.1, -0.05) is 11.6 Å². The molecule has 19 heavy (non-hydrogen) atoms. The second-order valence-electron chi connectivity index (χ2n) is 5.24. The second-order valence-corrected chi connectivity index (χ2v) is 6.77. The van der Waals surface area contributed by atoms with Crippen molar-refractivity contribution in [2.75, 3.05) is 0 Å². The number of aryl methyl sites for hydroxylation is 4. The molecular formula is C14H18ClN3S. The minimum atomic E-state index is 0.0241. The van der Waals surface area contributed by atoms with Gasteiger partial charge in [0, 0.05) is 28.4 Å². The summed E-state index contributed by atoms with van der Waals surface area (Å²) in [5.41, 5.74) is 9.91. The highest BCUT2D eigenvalue weighted by molar-refractivity contribution is 7.12. The van der Waals surface area contributed by atoms with E-state index < -0.39 is 0 Å². The maximum atomic E-state index is 6.35. The van der Waals surface area contributed by atoms with Gasteiger partial charge in [0.25, 0.3) is 0 Å². The number of rotatable bonds is 3. The van der Waals surface area contributed by atoms with Crippen LogP contribution in [-0.4, -0.2) is 9.78 Å². The lowest BCUT2D eigenvalue weighted by Gasteiger charge is -2.09. The van der Waals surface area contributed by atoms with Gasteiger partial charge in [0.05, 0.1) is 5.69 Å². The molecule has 0 saturated carbocycles. The molecule has 0 aliphatic heterocycles. The van der Waals surface area contributed by atoms with Crippen LogP contribution in [0.15, 0.2) is 6.07 Å². The number of halogens is 1. The zero-order valence-electron chi connectivity index (χ0n) is 11.2. The second kappa shape index (κ2) is 4.93. The summed E-state index contributed by atoms with van der Waals surface area (Å²) >= 11 is 8.14. The highest BCUT2D eigenvalue weighted by atomic mass is 35.5. The average Bonchev–Trinajstić information content (AvgIpc) is 2.99. The van der Waals surface area contributed by atoms with Gasteiger partial charge in [0.15, 0.2) is 0 Å². The fourth-order valence-electron chi connectivity index (χ4n) is 2.76. The van der Waals surface area contributed by atoms with E-state index in [-0.39, 0.29) is 6.04 Å². The van der Waals surface area contributed by atoms with Crippen LogP contribution in [0.1, 0.15) is 39.0 Å². The third-order valence-corrected chi connectivity index (χ3v) is 5.67. The van der Waals surface area contributed by atoms with E-state index in [9.17, 15) is 0 Å². The summed E-state index contributed by atoms with van der Waals surface area (Å²) in [6.45, 7) is 1.99. The van der Waals surface area contributed by atoms with Crippen molar-refractivity contribution in [2.24, 2.45) is 12.8 Å². The molecule has 1 aliphatic rings. The Hall–Kier alpha value is -0.840. The van der Waals surface area contributed by atoms with Crippen molar-refractivity contribution in [3.63, 3.8) is 0 Å². The van der Waals surface area contributed by atoms with Crippen molar-refractivity contribution >= 4 is 22.9 Å². The fourth-order valence-corrected chi connectivity index (χ4v) is 4.27. The number of aromatic nitrogens is 2. The van der Waals surface area contributed by atoms with Crippen molar-refractivity contribution < 1.29 is 0 Å². The smallest absolute Gasteiger partial charge is 0.130 e. The molecule has 0 spiro atoms. The summed E-state index contributed by atoms with van der Waals surface area (Å²) < 4.78 is 1.72. The minimum Gasteiger partial charge on any atom is -0.323 e. The van der Waals surface area contributed by atoms with E-state index in [4.69, 9.17) is 17.3 Å². The molecule has 2 aromatic rings. The molecule has 5 heteroatoms. The van der Waals surface area contributed by atoms with Gasteiger partial charge < -0.3 is 5.73 Å². The molecule has 3 nitrogen and oxygen atoms in total. The van der Waals surface area contributed by atoms with Crippen LogP contribution >= 0.6 is 22.9 Å². The molecule has 102 valence electrons. The van der Waals surface area contributed by atoms with Crippen LogP contribution in [0.4, 0.5) is 0 Å². The third kappa shape index (κ3) is 2.33. The number of nitrogens with zero attached hydrogens (tertiary/aromatic N) is 2. The highest BCUT2D eigenvalue weighted by Gasteiger charge is 2.20. The van der Waals surface area contributed by atoms with Crippen LogP contribution in [0.25, 0.3) is 0 Å². The first-order valence-electron chi connectivity index (χ1n) is 6.61. The van der Waals surface area contributed by atoms with Crippen LogP contribution in [0.2, 0.25) is 5.15 Å². The van der Waals surface area contributed by atoms with Crippen molar-refractivity contribution in [3.05, 3.63) is 37.8 Å². The Morgan fingerprint density at radius 2 is 2.32 bits per heavy atom. The van der Waals surface area contributed by atoms with Gasteiger partial charge in [0.1, 0.15) is 5.15 Å². The third-order valence-electron chi connectivity index (χ3n) is 3.83. The topological polar surface area (TPSA) is 43.8 Å². The molecule has 0 saturated heterocycles. The normalized spacial score (nSPS) is 15.8. The van der Waals surface area contributed by atoms with Crippen LogP contribution in [0.3, 0.4) is 0 Å². The Balaban J connectivity index is 1.82. The lowest BCUT2D eigenvalue weighted by Crippen LogP contribution is -2.12. The summed E-state index contributed by atoms with van der Waals surface area (Å²) in [5.74, 6) is 0. The van der Waals surface area contributed by atoms with E-state index in [1.165, 1.54) is 34.6 Å². The summed E-state index contributed by atoms with van der Waals surface area (Å²) in [7, 11) is 1.87. The molecule has 2 aromatic heterocycles. The van der Waals surface area contributed by atoms with Crippen LogP contribution < -0.4 is 5.73 Å². The summed E-state index contributed by atoms with van der Waals surface area (Å²) in [6, 6.07) is 2.31. The van der Waals surface area contributed by atoms with Crippen molar-refractivity contribution in [2.45, 2.75) is 38.6 Å². The first-order valence-corrected chi connectivity index (χ1v) is 7.80. The first kappa shape index (κ1) is 13.2. The average molecular weight is 296 g/mol. The minimum absolute atomic E-state index is 0.0241. The van der Waals surface area contributed by atoms with Gasteiger partial charge in [-0.2, -0.15) is 5.10 Å². The maximum absolute atomic E-state index is 6.35. The quantitative estimate of drug-likeness (QED) is 0.945. The number of fused-ring (bicyclic) bond motifs is 1. The van der Waals surface area contributed by atoms with E-state index in [1.807, 2.05) is 25.3 Å². The van der Waals surface area contributed by atoms with Gasteiger partial charge in [-0.15, -0.1) is 11.3 Å². The van der Waals surface area contributed by atoms with E-state index in [2.05, 4.69) is 11.2 Å². The lowest BCUT2D eigenvalue weighted by molar-refractivity contribution is 0.730. The summed E-state index contributed by atoms with van der Waals surface area (Å²) in [6.07, 6.45) is 4.49. The molecule has 0 aromatic carbocycles. The van der Waals surface area contributed by atoms with Crippen LogP contribution in [-0.2, 0) is 26.3 Å². The Labute approximate surface area is 122 Å². The predicted molar refractivity (Wildman–Crippen MR) is 79.9 cm³/mol. The Morgan fingerprint density at radius 3 is 2.95 bits per heavy atom. The predicted octanol–water partition coefficient (Wildman–Crippen LogP) is 3.17. The first-order chi connectivity index (χ1) is 9.06. The SMILES string of the molecule is Cc1nn(C)c(Cl)c1CC(N)c1cc2c(s1)CCC2. The number of thiophene rings is 1. The van der Waals surface area contributed by atoms with E-state index >= 15 is 0 Å². The monoisotopic (exact) mass is 295 g/mol. The molecule has 1 atom stereocenters. The molecule has 1 unspecified atom stereocenters. The Morgan fingerprint density at radius 1 is 1.53 bits per heavy atom. The van der Waals surface area contributed by atoms with Crippen molar-refractivity contribution in [1.82, 2.24) is 9.78 Å². The molecule has 0 bridgehead atoms. The standard InChI is InChI=1S/C14H18ClN3S/c1-8-10(14(15)18(2)17-8)7-11(16)13-6-9-4-3-5-12(9)19-13/h6,11H,3-5,7,16H2,1-2H3. The zero-order chi connectivity index (χ0) is 13.6. The summed E-state index contributed by atoms with van der Waals surface area (Å²) in [4.78, 5) is 2.81. The van der Waals surface area contributed by atoms with Crippen molar-refractivity contribution in [3.8, 4) is 0 Å². The van der Waals surface area contributed by atoms with Gasteiger partial charge >= 0.3 is 0 Å². The molecule has 0 radical (unpaired) electrons. The lowest BCUT2D eigenvalue weighted by atomic mass is 10.1. The Bertz CT molecular complexity index is 593. The fraction of sp³-hybridized carbons (Fsp3) is 0.500. The van der Waals surface area contributed by atoms with E-state index in [1.54, 1.807) is 4.68 Å². The number of hydrogen-bond donors (Lipinski definition) is 1. The van der Waals surface area contributed by atoms with Crippen LogP contribution in [0.5, 0.6) is 0 Å². The van der Waals surface area contributed by atoms with E-state index in [0.29, 0.717) is 5.15 Å². The largest absolute Gasteiger partial charge is 0.323 e. The molecule has 2 heterocycles. The summed E-state index contributed by atoms with van der Waals surface area (Å²) in [5, 5.41) is 5.05. The molecule has 2 N–H and O–H groups in total. The van der Waals surface area contributed by atoms with Gasteiger partial charge in [-0.05, 0) is 44.2 Å². The highest BCUT2D eigenvalue weighted by Crippen LogP contribution is 2.35. The van der Waals surface area contributed by atoms with Gasteiger partial charge in [0.2, 0.25) is 0 Å². The van der Waals surface area contributed by atoms with Gasteiger partial charge in [-0.25, -0.2) is 0 Å². The maximum Gasteiger partial charge on any atom is 0.130 e. The molecule has 1 aliphatic carbocycles. The number of hydrogen-bond acceptors (Lipinski definition) is 3. The molecule has 0 fully saturated rings. The number of nitrogens with two attached hydrogens (primary N) is 1. The molecule has 3 rings (SSSR count). The molecular weight excluding hydrogens is 278 g/mol. The van der Waals surface area contributed by atoms with Gasteiger partial charge in [-0.3, -0.25) is 4.68 Å².